The third-order valence-electron chi connectivity index (χ3n) is 4.16. The Morgan fingerprint density at radius 1 is 1.28 bits per heavy atom. The van der Waals surface area contributed by atoms with E-state index >= 15 is 0 Å². The molecular formula is C15H18FN2O6S-. The molecule has 8 nitrogen and oxygen atoms in total. The van der Waals surface area contributed by atoms with Crippen LogP contribution in [0.4, 0.5) is 20.6 Å². The maximum atomic E-state index is 14.4. The van der Waals surface area contributed by atoms with Crippen LogP contribution in [0.3, 0.4) is 0 Å². The monoisotopic (exact) mass is 373 g/mol. The number of rotatable bonds is 5. The van der Waals surface area contributed by atoms with E-state index in [-0.39, 0.29) is 13.0 Å². The van der Waals surface area contributed by atoms with Gasteiger partial charge in [0.1, 0.15) is 11.9 Å². The highest BCUT2D eigenvalue weighted by Gasteiger charge is 2.33. The maximum absolute atomic E-state index is 14.4. The molecule has 1 atom stereocenters. The number of carbonyl (C=O) groups excluding carboxylic acids is 1. The molecule has 10 heteroatoms. The van der Waals surface area contributed by atoms with Gasteiger partial charge in [-0.25, -0.2) is 17.6 Å². The van der Waals surface area contributed by atoms with Crippen molar-refractivity contribution in [3.63, 3.8) is 0 Å². The Balaban J connectivity index is 1.69. The second kappa shape index (κ2) is 7.14. The summed E-state index contributed by atoms with van der Waals surface area (Å²) in [6.07, 6.45) is -1.48. The SMILES string of the molecule is O=C1OC(CCS(=O)(=O)[O-])CN1c1ccc(N2CCOCC2)c(F)c1. The summed E-state index contributed by atoms with van der Waals surface area (Å²) in [6.45, 7) is 2.32. The predicted octanol–water partition coefficient (Wildman–Crippen LogP) is 0.923. The highest BCUT2D eigenvalue weighted by Crippen LogP contribution is 2.29. The number of morpholine rings is 1. The first-order valence-electron chi connectivity index (χ1n) is 7.87. The summed E-state index contributed by atoms with van der Waals surface area (Å²) in [6, 6.07) is 4.46. The summed E-state index contributed by atoms with van der Waals surface area (Å²) < 4.78 is 56.8. The van der Waals surface area contributed by atoms with E-state index in [9.17, 15) is 22.2 Å². The van der Waals surface area contributed by atoms with Crippen molar-refractivity contribution in [3.05, 3.63) is 24.0 Å². The molecule has 0 radical (unpaired) electrons. The zero-order chi connectivity index (χ0) is 18.0. The third kappa shape index (κ3) is 4.39. The van der Waals surface area contributed by atoms with Crippen LogP contribution in [-0.4, -0.2) is 63.8 Å². The fraction of sp³-hybridized carbons (Fsp3) is 0.533. The number of amides is 1. The van der Waals surface area contributed by atoms with Gasteiger partial charge in [0.2, 0.25) is 0 Å². The largest absolute Gasteiger partial charge is 0.748 e. The first kappa shape index (κ1) is 17.9. The van der Waals surface area contributed by atoms with Crippen LogP contribution in [-0.2, 0) is 19.6 Å². The van der Waals surface area contributed by atoms with Crippen LogP contribution in [0.5, 0.6) is 0 Å². The van der Waals surface area contributed by atoms with E-state index in [0.717, 1.165) is 0 Å². The van der Waals surface area contributed by atoms with Crippen molar-refractivity contribution in [2.24, 2.45) is 0 Å². The Bertz CT molecular complexity index is 750. The summed E-state index contributed by atoms with van der Waals surface area (Å²) >= 11 is 0. The number of ether oxygens (including phenoxy) is 2. The number of hydrogen-bond acceptors (Lipinski definition) is 7. The van der Waals surface area contributed by atoms with Gasteiger partial charge >= 0.3 is 6.09 Å². The van der Waals surface area contributed by atoms with Crippen molar-refractivity contribution in [2.45, 2.75) is 12.5 Å². The smallest absolute Gasteiger partial charge is 0.414 e. The number of hydrogen-bond donors (Lipinski definition) is 0. The molecule has 0 bridgehead atoms. The first-order chi connectivity index (χ1) is 11.8. The third-order valence-corrected chi connectivity index (χ3v) is 4.89. The molecule has 2 aliphatic rings. The molecule has 0 N–H and O–H groups in total. The predicted molar refractivity (Wildman–Crippen MR) is 86.2 cm³/mol. The Morgan fingerprint density at radius 3 is 2.64 bits per heavy atom. The number of benzene rings is 1. The van der Waals surface area contributed by atoms with Crippen LogP contribution in [0.2, 0.25) is 0 Å². The number of cyclic esters (lactones) is 1. The standard InChI is InChI=1S/C15H19FN2O6S/c16-13-9-11(1-2-14(13)17-4-6-23-7-5-17)18-10-12(24-15(18)19)3-8-25(20,21)22/h1-2,9,12H,3-8,10H2,(H,20,21,22)/p-1. The lowest BCUT2D eigenvalue weighted by Crippen LogP contribution is -2.36. The van der Waals surface area contributed by atoms with E-state index in [2.05, 4.69) is 0 Å². The maximum Gasteiger partial charge on any atom is 0.414 e. The Kier molecular flexibility index (Phi) is 5.11. The van der Waals surface area contributed by atoms with Gasteiger partial charge in [-0.1, -0.05) is 0 Å². The molecule has 0 spiro atoms. The van der Waals surface area contributed by atoms with E-state index in [0.29, 0.717) is 37.7 Å². The van der Waals surface area contributed by atoms with Gasteiger partial charge in [-0.2, -0.15) is 0 Å². The molecular weight excluding hydrogens is 355 g/mol. The van der Waals surface area contributed by atoms with Gasteiger partial charge in [0.15, 0.2) is 0 Å². The van der Waals surface area contributed by atoms with Crippen LogP contribution >= 0.6 is 0 Å². The minimum absolute atomic E-state index is 0.0741. The lowest BCUT2D eigenvalue weighted by molar-refractivity contribution is 0.122. The fourth-order valence-corrected chi connectivity index (χ4v) is 3.43. The Hall–Kier alpha value is -1.91. The van der Waals surface area contributed by atoms with Crippen molar-refractivity contribution in [2.75, 3.05) is 48.4 Å². The zero-order valence-electron chi connectivity index (χ0n) is 13.4. The number of nitrogens with zero attached hydrogens (tertiary/aromatic N) is 2. The van der Waals surface area contributed by atoms with Crippen LogP contribution in [0.15, 0.2) is 18.2 Å². The second-order valence-corrected chi connectivity index (χ2v) is 7.43. The molecule has 25 heavy (non-hydrogen) atoms. The minimum Gasteiger partial charge on any atom is -0.748 e. The topological polar surface area (TPSA) is 99.2 Å². The molecule has 0 saturated carbocycles. The normalized spacial score (nSPS) is 21.5. The molecule has 3 rings (SSSR count). The van der Waals surface area contributed by atoms with Gasteiger partial charge in [-0.05, 0) is 24.6 Å². The van der Waals surface area contributed by atoms with Crippen LogP contribution in [0.25, 0.3) is 0 Å². The van der Waals surface area contributed by atoms with E-state index < -0.39 is 33.9 Å². The van der Waals surface area contributed by atoms with Crippen LogP contribution in [0, 0.1) is 5.82 Å². The van der Waals surface area contributed by atoms with Gasteiger partial charge < -0.3 is 18.9 Å². The Morgan fingerprint density at radius 2 is 2.00 bits per heavy atom. The molecule has 2 aliphatic heterocycles. The average Bonchev–Trinajstić information content (AvgIpc) is 2.94. The first-order valence-corrected chi connectivity index (χ1v) is 9.45. The van der Waals surface area contributed by atoms with Crippen molar-refractivity contribution < 1.29 is 31.6 Å². The number of halogens is 1. The molecule has 1 amide bonds. The Labute approximate surface area is 144 Å². The molecule has 0 aromatic heterocycles. The molecule has 1 aromatic carbocycles. The van der Waals surface area contributed by atoms with Crippen molar-refractivity contribution in [3.8, 4) is 0 Å². The summed E-state index contributed by atoms with van der Waals surface area (Å²) in [4.78, 5) is 15.0. The average molecular weight is 373 g/mol. The van der Waals surface area contributed by atoms with E-state index in [4.69, 9.17) is 9.47 Å². The molecule has 2 fully saturated rings. The second-order valence-electron chi connectivity index (χ2n) is 5.90. The molecule has 2 saturated heterocycles. The molecule has 0 aliphatic carbocycles. The minimum atomic E-state index is -4.37. The highest BCUT2D eigenvalue weighted by atomic mass is 32.2. The zero-order valence-corrected chi connectivity index (χ0v) is 14.2. The van der Waals surface area contributed by atoms with Gasteiger partial charge in [0.25, 0.3) is 0 Å². The van der Waals surface area contributed by atoms with Crippen molar-refractivity contribution in [1.29, 1.82) is 0 Å². The van der Waals surface area contributed by atoms with Crippen molar-refractivity contribution in [1.82, 2.24) is 0 Å². The van der Waals surface area contributed by atoms with Crippen molar-refractivity contribution >= 4 is 27.6 Å². The van der Waals surface area contributed by atoms with E-state index in [1.54, 1.807) is 12.1 Å². The highest BCUT2D eigenvalue weighted by molar-refractivity contribution is 7.85. The fourth-order valence-electron chi connectivity index (χ4n) is 2.88. The van der Waals surface area contributed by atoms with Gasteiger partial charge in [0.05, 0.1) is 41.3 Å². The lowest BCUT2D eigenvalue weighted by atomic mass is 10.2. The van der Waals surface area contributed by atoms with E-state index in [1.165, 1.54) is 11.0 Å². The quantitative estimate of drug-likeness (QED) is 0.708. The molecule has 2 heterocycles. The molecule has 138 valence electrons. The van der Waals surface area contributed by atoms with E-state index in [1.807, 2.05) is 4.90 Å². The van der Waals surface area contributed by atoms with Crippen LogP contribution < -0.4 is 9.80 Å². The molecule has 1 aromatic rings. The molecule has 1 unspecified atom stereocenters. The summed E-state index contributed by atoms with van der Waals surface area (Å²) in [7, 11) is -4.37. The van der Waals surface area contributed by atoms with Gasteiger partial charge in [-0.15, -0.1) is 0 Å². The summed E-state index contributed by atoms with van der Waals surface area (Å²) in [5, 5.41) is 0. The number of carbonyl (C=O) groups is 1. The summed E-state index contributed by atoms with van der Waals surface area (Å²) in [5.74, 6) is -1.07. The summed E-state index contributed by atoms with van der Waals surface area (Å²) in [5.41, 5.74) is 0.764. The number of anilines is 2. The van der Waals surface area contributed by atoms with Gasteiger partial charge in [0, 0.05) is 18.8 Å². The lowest BCUT2D eigenvalue weighted by Gasteiger charge is -2.29. The van der Waals surface area contributed by atoms with Crippen LogP contribution in [0.1, 0.15) is 6.42 Å². The van der Waals surface area contributed by atoms with Gasteiger partial charge in [-0.3, -0.25) is 4.90 Å².